The first-order valence-electron chi connectivity index (χ1n) is 6.97. The van der Waals surface area contributed by atoms with E-state index in [-0.39, 0.29) is 0 Å². The molecule has 0 bridgehead atoms. The molecule has 0 aliphatic carbocycles. The fraction of sp³-hybridized carbons (Fsp3) is 0.400. The second-order valence-corrected chi connectivity index (χ2v) is 5.01. The van der Waals surface area contributed by atoms with Crippen LogP contribution in [0.5, 0.6) is 0 Å². The minimum atomic E-state index is -1.03. The summed E-state index contributed by atoms with van der Waals surface area (Å²) < 4.78 is 4.55. The van der Waals surface area contributed by atoms with Gasteiger partial charge in [-0.15, -0.1) is 0 Å². The lowest BCUT2D eigenvalue weighted by atomic mass is 10.1. The monoisotopic (exact) mass is 306 g/mol. The molecule has 2 rings (SSSR count). The van der Waals surface area contributed by atoms with Crippen LogP contribution in [0, 0.1) is 0 Å². The van der Waals surface area contributed by atoms with Gasteiger partial charge >= 0.3 is 12.1 Å². The van der Waals surface area contributed by atoms with Crippen molar-refractivity contribution in [3.63, 3.8) is 0 Å². The molecular formula is C15H18N2O5. The highest BCUT2D eigenvalue weighted by molar-refractivity contribution is 5.90. The van der Waals surface area contributed by atoms with Crippen LogP contribution >= 0.6 is 0 Å². The second kappa shape index (κ2) is 6.93. The Morgan fingerprint density at radius 2 is 2.00 bits per heavy atom. The molecule has 1 saturated heterocycles. The third-order valence-corrected chi connectivity index (χ3v) is 3.65. The van der Waals surface area contributed by atoms with E-state index in [4.69, 9.17) is 0 Å². The van der Waals surface area contributed by atoms with E-state index >= 15 is 0 Å². The average molecular weight is 306 g/mol. The number of ether oxygens (including phenoxy) is 1. The molecule has 1 aliphatic rings. The lowest BCUT2D eigenvalue weighted by molar-refractivity contribution is -0.149. The van der Waals surface area contributed by atoms with E-state index < -0.39 is 30.1 Å². The Balaban J connectivity index is 2.26. The average Bonchev–Trinajstić information content (AvgIpc) is 3.02. The predicted molar refractivity (Wildman–Crippen MR) is 77.1 cm³/mol. The number of nitrogens with zero attached hydrogens (tertiary/aromatic N) is 1. The van der Waals surface area contributed by atoms with E-state index in [2.05, 4.69) is 10.1 Å². The number of likely N-dealkylation sites (tertiary alicyclic amines) is 1. The number of carbonyl (C=O) groups excluding carboxylic acids is 2. The summed E-state index contributed by atoms with van der Waals surface area (Å²) in [6, 6.07) is 6.86. The maximum atomic E-state index is 12.7. The number of rotatable bonds is 4. The number of aliphatic carboxylic acids is 1. The number of hydrogen-bond donors (Lipinski definition) is 2. The molecule has 22 heavy (non-hydrogen) atoms. The van der Waals surface area contributed by atoms with Gasteiger partial charge < -0.3 is 20.1 Å². The molecule has 1 aromatic rings. The first-order chi connectivity index (χ1) is 10.5. The number of methoxy groups -OCH3 is 1. The van der Waals surface area contributed by atoms with Gasteiger partial charge in [0.1, 0.15) is 12.1 Å². The van der Waals surface area contributed by atoms with Gasteiger partial charge in [-0.2, -0.15) is 0 Å². The molecular weight excluding hydrogens is 288 g/mol. The van der Waals surface area contributed by atoms with Crippen molar-refractivity contribution in [1.29, 1.82) is 0 Å². The van der Waals surface area contributed by atoms with Crippen molar-refractivity contribution in [3.05, 3.63) is 35.9 Å². The van der Waals surface area contributed by atoms with Crippen LogP contribution in [0.3, 0.4) is 0 Å². The summed E-state index contributed by atoms with van der Waals surface area (Å²) in [7, 11) is 1.21. The summed E-state index contributed by atoms with van der Waals surface area (Å²) in [5.41, 5.74) is 0.578. The second-order valence-electron chi connectivity index (χ2n) is 5.01. The number of alkyl carbamates (subject to hydrolysis) is 1. The number of benzene rings is 1. The summed E-state index contributed by atoms with van der Waals surface area (Å²) >= 11 is 0. The molecule has 1 heterocycles. The molecule has 2 amide bonds. The van der Waals surface area contributed by atoms with Crippen molar-refractivity contribution in [1.82, 2.24) is 10.2 Å². The number of carbonyl (C=O) groups is 3. The van der Waals surface area contributed by atoms with Gasteiger partial charge in [-0.3, -0.25) is 4.79 Å². The largest absolute Gasteiger partial charge is 0.480 e. The molecule has 1 fully saturated rings. The predicted octanol–water partition coefficient (Wildman–Crippen LogP) is 1.16. The Labute approximate surface area is 127 Å². The Morgan fingerprint density at radius 3 is 2.59 bits per heavy atom. The highest BCUT2D eigenvalue weighted by Gasteiger charge is 2.38. The van der Waals surface area contributed by atoms with Crippen LogP contribution in [-0.4, -0.2) is 47.7 Å². The summed E-state index contributed by atoms with van der Waals surface area (Å²) in [5, 5.41) is 11.7. The van der Waals surface area contributed by atoms with Gasteiger partial charge in [0, 0.05) is 6.54 Å². The molecule has 2 atom stereocenters. The lowest BCUT2D eigenvalue weighted by Crippen LogP contribution is -2.47. The molecule has 0 radical (unpaired) electrons. The zero-order chi connectivity index (χ0) is 16.1. The van der Waals surface area contributed by atoms with Crippen molar-refractivity contribution in [2.75, 3.05) is 13.7 Å². The highest BCUT2D eigenvalue weighted by Crippen LogP contribution is 2.23. The van der Waals surface area contributed by atoms with Crippen LogP contribution in [-0.2, 0) is 14.3 Å². The lowest BCUT2D eigenvalue weighted by Gasteiger charge is -2.27. The van der Waals surface area contributed by atoms with Gasteiger partial charge in [0.05, 0.1) is 7.11 Å². The number of carboxylic acids is 1. The van der Waals surface area contributed by atoms with Crippen LogP contribution in [0.2, 0.25) is 0 Å². The Kier molecular flexibility index (Phi) is 4.98. The third kappa shape index (κ3) is 3.36. The summed E-state index contributed by atoms with van der Waals surface area (Å²) in [6.45, 7) is 0.363. The highest BCUT2D eigenvalue weighted by atomic mass is 16.5. The van der Waals surface area contributed by atoms with Crippen LogP contribution < -0.4 is 5.32 Å². The van der Waals surface area contributed by atoms with Gasteiger partial charge in [-0.25, -0.2) is 9.59 Å². The summed E-state index contributed by atoms with van der Waals surface area (Å²) in [5.74, 6) is -1.47. The molecule has 118 valence electrons. The van der Waals surface area contributed by atoms with Crippen molar-refractivity contribution in [2.45, 2.75) is 24.9 Å². The molecule has 0 spiro atoms. The number of carboxylic acid groups (broad SMARTS) is 1. The Bertz CT molecular complexity index is 560. The number of hydrogen-bond acceptors (Lipinski definition) is 4. The summed E-state index contributed by atoms with van der Waals surface area (Å²) in [4.78, 5) is 36.8. The van der Waals surface area contributed by atoms with Crippen LogP contribution in [0.4, 0.5) is 4.79 Å². The molecule has 0 saturated carbocycles. The Hall–Kier alpha value is -2.57. The fourth-order valence-corrected chi connectivity index (χ4v) is 2.56. The smallest absolute Gasteiger partial charge is 0.407 e. The molecule has 1 aromatic carbocycles. The fourth-order valence-electron chi connectivity index (χ4n) is 2.56. The van der Waals surface area contributed by atoms with Crippen LogP contribution in [0.25, 0.3) is 0 Å². The van der Waals surface area contributed by atoms with Gasteiger partial charge in [0.25, 0.3) is 5.91 Å². The molecule has 7 heteroatoms. The van der Waals surface area contributed by atoms with E-state index in [0.717, 1.165) is 0 Å². The minimum absolute atomic E-state index is 0.363. The van der Waals surface area contributed by atoms with Crippen molar-refractivity contribution < 1.29 is 24.2 Å². The van der Waals surface area contributed by atoms with Crippen LogP contribution in [0.1, 0.15) is 24.4 Å². The van der Waals surface area contributed by atoms with Gasteiger partial charge in [0.2, 0.25) is 0 Å². The van der Waals surface area contributed by atoms with E-state index in [1.807, 2.05) is 0 Å². The number of amides is 2. The topological polar surface area (TPSA) is 95.9 Å². The third-order valence-electron chi connectivity index (χ3n) is 3.65. The summed E-state index contributed by atoms with van der Waals surface area (Å²) in [6.07, 6.45) is 0.303. The van der Waals surface area contributed by atoms with Crippen molar-refractivity contribution in [3.8, 4) is 0 Å². The first-order valence-corrected chi connectivity index (χ1v) is 6.97. The van der Waals surface area contributed by atoms with E-state index in [0.29, 0.717) is 24.9 Å². The van der Waals surface area contributed by atoms with Crippen molar-refractivity contribution in [2.24, 2.45) is 0 Å². The zero-order valence-electron chi connectivity index (χ0n) is 12.2. The van der Waals surface area contributed by atoms with Gasteiger partial charge in [0.15, 0.2) is 0 Å². The molecule has 2 N–H and O–H groups in total. The van der Waals surface area contributed by atoms with Crippen molar-refractivity contribution >= 4 is 18.0 Å². The maximum absolute atomic E-state index is 12.7. The van der Waals surface area contributed by atoms with Crippen LogP contribution in [0.15, 0.2) is 30.3 Å². The molecule has 0 aromatic heterocycles. The normalized spacial score (nSPS) is 18.6. The molecule has 0 unspecified atom stereocenters. The van der Waals surface area contributed by atoms with E-state index in [1.54, 1.807) is 30.3 Å². The van der Waals surface area contributed by atoms with E-state index in [1.165, 1.54) is 12.0 Å². The van der Waals surface area contributed by atoms with Gasteiger partial charge in [-0.1, -0.05) is 30.3 Å². The van der Waals surface area contributed by atoms with E-state index in [9.17, 15) is 19.5 Å². The Morgan fingerprint density at radius 1 is 1.32 bits per heavy atom. The SMILES string of the molecule is COC(=O)N[C@@H](C(=O)N1CCC[C@H]1C(=O)O)c1ccccc1. The first kappa shape index (κ1) is 15.8. The molecule has 1 aliphatic heterocycles. The zero-order valence-corrected chi connectivity index (χ0v) is 12.2. The molecule has 7 nitrogen and oxygen atoms in total. The minimum Gasteiger partial charge on any atom is -0.480 e. The quantitative estimate of drug-likeness (QED) is 0.870. The van der Waals surface area contributed by atoms with Gasteiger partial charge in [-0.05, 0) is 18.4 Å². The number of nitrogens with one attached hydrogen (secondary N) is 1. The maximum Gasteiger partial charge on any atom is 0.407 e. The standard InChI is InChI=1S/C15H18N2O5/c1-22-15(21)16-12(10-6-3-2-4-7-10)13(18)17-9-5-8-11(17)14(19)20/h2-4,6-7,11-12H,5,8-9H2,1H3,(H,16,21)(H,19,20)/t11-,12+/m0/s1.